The quantitative estimate of drug-likeness (QED) is 0.474. The summed E-state index contributed by atoms with van der Waals surface area (Å²) in [6.45, 7) is 10.2. The number of carbonyl (C=O) groups excluding carboxylic acids is 1. The Labute approximate surface area is 106 Å². The Kier molecular flexibility index (Phi) is 5.51. The first kappa shape index (κ1) is 16.6. The minimum absolute atomic E-state index is 0.0208. The van der Waals surface area contributed by atoms with Crippen LogP contribution in [0.3, 0.4) is 0 Å². The summed E-state index contributed by atoms with van der Waals surface area (Å²) in [7, 11) is 0. The van der Waals surface area contributed by atoms with E-state index < -0.39 is 23.0 Å². The van der Waals surface area contributed by atoms with Crippen molar-refractivity contribution in [2.75, 3.05) is 0 Å². The van der Waals surface area contributed by atoms with Crippen molar-refractivity contribution in [1.29, 1.82) is 0 Å². The maximum absolute atomic E-state index is 11.7. The standard InChI is InChI=1S/C12H20O6/c1-11(2,3)8(7-9(13)14)10(15)16-18-17-12(4,5)6/h7H,1-6H3,(H,13,14). The van der Waals surface area contributed by atoms with Crippen LogP contribution in [0.1, 0.15) is 41.5 Å². The van der Waals surface area contributed by atoms with Gasteiger partial charge in [0.15, 0.2) is 0 Å². The lowest BCUT2D eigenvalue weighted by molar-refractivity contribution is -0.513. The molecule has 0 unspecified atom stereocenters. The second kappa shape index (κ2) is 5.97. The van der Waals surface area contributed by atoms with Gasteiger partial charge in [0.05, 0.1) is 11.2 Å². The van der Waals surface area contributed by atoms with Gasteiger partial charge in [-0.1, -0.05) is 20.8 Å². The predicted molar refractivity (Wildman–Crippen MR) is 63.2 cm³/mol. The van der Waals surface area contributed by atoms with Crippen LogP contribution in [0.2, 0.25) is 0 Å². The van der Waals surface area contributed by atoms with Crippen LogP contribution in [0.5, 0.6) is 0 Å². The topological polar surface area (TPSA) is 82.1 Å². The molecule has 0 aliphatic heterocycles. The van der Waals surface area contributed by atoms with Crippen molar-refractivity contribution in [1.82, 2.24) is 0 Å². The van der Waals surface area contributed by atoms with Gasteiger partial charge < -0.3 is 5.11 Å². The highest BCUT2D eigenvalue weighted by Crippen LogP contribution is 2.26. The molecule has 0 heterocycles. The van der Waals surface area contributed by atoms with E-state index in [1.807, 2.05) is 0 Å². The molecular weight excluding hydrogens is 240 g/mol. The van der Waals surface area contributed by atoms with Crippen LogP contribution in [0.15, 0.2) is 11.6 Å². The van der Waals surface area contributed by atoms with Gasteiger partial charge in [0, 0.05) is 6.08 Å². The Bertz CT molecular complexity index is 343. The van der Waals surface area contributed by atoms with E-state index in [0.717, 1.165) is 6.08 Å². The molecule has 0 aromatic carbocycles. The Morgan fingerprint density at radius 2 is 1.56 bits per heavy atom. The maximum atomic E-state index is 11.7. The molecule has 0 rings (SSSR count). The summed E-state index contributed by atoms with van der Waals surface area (Å²) in [4.78, 5) is 31.5. The van der Waals surface area contributed by atoms with Gasteiger partial charge in [-0.05, 0) is 31.2 Å². The molecule has 0 radical (unpaired) electrons. The average molecular weight is 260 g/mol. The third-order valence-corrected chi connectivity index (χ3v) is 1.69. The molecular formula is C12H20O6. The van der Waals surface area contributed by atoms with E-state index in [9.17, 15) is 9.59 Å². The molecule has 0 aromatic heterocycles. The van der Waals surface area contributed by atoms with E-state index >= 15 is 0 Å². The molecule has 0 saturated carbocycles. The van der Waals surface area contributed by atoms with Crippen LogP contribution in [-0.2, 0) is 24.4 Å². The minimum atomic E-state index is -1.23. The van der Waals surface area contributed by atoms with Crippen LogP contribution < -0.4 is 0 Å². The first-order valence-electron chi connectivity index (χ1n) is 5.45. The summed E-state index contributed by atoms with van der Waals surface area (Å²) in [6.07, 6.45) is 0.794. The molecule has 0 atom stereocenters. The zero-order valence-corrected chi connectivity index (χ0v) is 11.6. The smallest absolute Gasteiger partial charge is 0.373 e. The number of aliphatic carboxylic acids is 1. The number of hydrogen-bond donors (Lipinski definition) is 1. The maximum Gasteiger partial charge on any atom is 0.373 e. The summed E-state index contributed by atoms with van der Waals surface area (Å²) < 4.78 is 0. The molecule has 18 heavy (non-hydrogen) atoms. The Morgan fingerprint density at radius 3 is 1.89 bits per heavy atom. The molecule has 0 aliphatic carbocycles. The first-order valence-corrected chi connectivity index (χ1v) is 5.45. The highest BCUT2D eigenvalue weighted by Gasteiger charge is 2.28. The van der Waals surface area contributed by atoms with E-state index in [0.29, 0.717) is 0 Å². The minimum Gasteiger partial charge on any atom is -0.478 e. The fourth-order valence-electron chi connectivity index (χ4n) is 0.900. The second-order valence-corrected chi connectivity index (χ2v) is 5.78. The Balaban J connectivity index is 4.67. The molecule has 0 aromatic rings. The highest BCUT2D eigenvalue weighted by molar-refractivity contribution is 5.96. The molecule has 104 valence electrons. The molecule has 0 fully saturated rings. The molecule has 0 aliphatic rings. The molecule has 0 saturated heterocycles. The summed E-state index contributed by atoms with van der Waals surface area (Å²) in [6, 6.07) is 0. The van der Waals surface area contributed by atoms with Crippen molar-refractivity contribution in [3.05, 3.63) is 11.6 Å². The number of hydrogen-bond acceptors (Lipinski definition) is 5. The van der Waals surface area contributed by atoms with Gasteiger partial charge in [-0.25, -0.2) is 9.59 Å². The van der Waals surface area contributed by atoms with Crippen LogP contribution >= 0.6 is 0 Å². The lowest BCUT2D eigenvalue weighted by Crippen LogP contribution is -2.25. The number of rotatable bonds is 4. The van der Waals surface area contributed by atoms with Crippen molar-refractivity contribution in [3.8, 4) is 0 Å². The van der Waals surface area contributed by atoms with Gasteiger partial charge in [-0.3, -0.25) is 4.89 Å². The lowest BCUT2D eigenvalue weighted by atomic mass is 9.86. The van der Waals surface area contributed by atoms with Crippen LogP contribution in [-0.4, -0.2) is 22.6 Å². The van der Waals surface area contributed by atoms with Gasteiger partial charge in [-0.15, -0.1) is 0 Å². The average Bonchev–Trinajstić information content (AvgIpc) is 2.09. The fraction of sp³-hybridized carbons (Fsp3) is 0.667. The Morgan fingerprint density at radius 1 is 1.06 bits per heavy atom. The zero-order chi connectivity index (χ0) is 14.6. The van der Waals surface area contributed by atoms with E-state index in [-0.39, 0.29) is 5.57 Å². The van der Waals surface area contributed by atoms with E-state index in [1.165, 1.54) is 0 Å². The van der Waals surface area contributed by atoms with E-state index in [1.54, 1.807) is 41.5 Å². The van der Waals surface area contributed by atoms with Crippen molar-refractivity contribution < 1.29 is 29.5 Å². The SMILES string of the molecule is CC(C)(C)OOOC(=O)C(=CC(=O)O)C(C)(C)C. The molecule has 0 spiro atoms. The van der Waals surface area contributed by atoms with Crippen LogP contribution in [0.4, 0.5) is 0 Å². The van der Waals surface area contributed by atoms with Gasteiger partial charge >= 0.3 is 11.9 Å². The number of carboxylic acid groups (broad SMARTS) is 1. The first-order chi connectivity index (χ1) is 7.93. The second-order valence-electron chi connectivity index (χ2n) is 5.78. The monoisotopic (exact) mass is 260 g/mol. The summed E-state index contributed by atoms with van der Waals surface area (Å²) in [5.41, 5.74) is -1.34. The third kappa shape index (κ3) is 7.03. The molecule has 0 bridgehead atoms. The molecule has 0 amide bonds. The largest absolute Gasteiger partial charge is 0.478 e. The normalized spacial score (nSPS) is 13.3. The molecule has 1 N–H and O–H groups in total. The number of carboxylic acids is 1. The van der Waals surface area contributed by atoms with E-state index in [4.69, 9.17) is 9.99 Å². The van der Waals surface area contributed by atoms with Crippen molar-refractivity contribution >= 4 is 11.9 Å². The molecule has 6 nitrogen and oxygen atoms in total. The van der Waals surface area contributed by atoms with Crippen molar-refractivity contribution in [3.63, 3.8) is 0 Å². The van der Waals surface area contributed by atoms with Crippen LogP contribution in [0, 0.1) is 5.41 Å². The lowest BCUT2D eigenvalue weighted by Gasteiger charge is -2.21. The van der Waals surface area contributed by atoms with Gasteiger partial charge in [-0.2, -0.15) is 4.89 Å². The zero-order valence-electron chi connectivity index (χ0n) is 11.6. The predicted octanol–water partition coefficient (Wildman–Crippen LogP) is 2.25. The van der Waals surface area contributed by atoms with E-state index in [2.05, 4.69) is 9.93 Å². The Hall–Kier alpha value is -1.40. The highest BCUT2D eigenvalue weighted by atomic mass is 17.5. The fourth-order valence-corrected chi connectivity index (χ4v) is 0.900. The van der Waals surface area contributed by atoms with Gasteiger partial charge in [0.25, 0.3) is 0 Å². The van der Waals surface area contributed by atoms with Gasteiger partial charge in [0.1, 0.15) is 0 Å². The van der Waals surface area contributed by atoms with Gasteiger partial charge in [0.2, 0.25) is 0 Å². The van der Waals surface area contributed by atoms with Crippen molar-refractivity contribution in [2.24, 2.45) is 5.41 Å². The number of carbonyl (C=O) groups is 2. The molecule has 6 heteroatoms. The summed E-state index contributed by atoms with van der Waals surface area (Å²) >= 11 is 0. The summed E-state index contributed by atoms with van der Waals surface area (Å²) in [5, 5.41) is 13.0. The summed E-state index contributed by atoms with van der Waals surface area (Å²) in [5.74, 6) is -2.12. The van der Waals surface area contributed by atoms with Crippen LogP contribution in [0.25, 0.3) is 0 Å². The third-order valence-electron chi connectivity index (χ3n) is 1.69. The van der Waals surface area contributed by atoms with Crippen molar-refractivity contribution in [2.45, 2.75) is 47.1 Å².